The summed E-state index contributed by atoms with van der Waals surface area (Å²) in [5.41, 5.74) is 2.65. The topological polar surface area (TPSA) is 79.6 Å². The molecule has 1 aliphatic heterocycles. The first-order valence-corrected chi connectivity index (χ1v) is 9.36. The molecule has 148 valence electrons. The van der Waals surface area contributed by atoms with Crippen LogP contribution in [0.2, 0.25) is 5.02 Å². The van der Waals surface area contributed by atoms with E-state index in [2.05, 4.69) is 15.6 Å². The normalized spacial score (nSPS) is 13.7. The molecule has 2 N–H and O–H groups in total. The molecule has 0 saturated heterocycles. The van der Waals surface area contributed by atoms with Crippen molar-refractivity contribution >= 4 is 40.3 Å². The lowest BCUT2D eigenvalue weighted by atomic mass is 10.2. The third kappa shape index (κ3) is 4.20. The molecule has 3 aromatic rings. The Labute approximate surface area is 172 Å². The van der Waals surface area contributed by atoms with Crippen molar-refractivity contribution in [2.24, 2.45) is 0 Å². The fourth-order valence-electron chi connectivity index (χ4n) is 2.88. The maximum absolute atomic E-state index is 12.0. The number of aromatic nitrogens is 1. The Kier molecular flexibility index (Phi) is 5.14. The van der Waals surface area contributed by atoms with Gasteiger partial charge in [0.15, 0.2) is 5.58 Å². The minimum absolute atomic E-state index is 0.161. The van der Waals surface area contributed by atoms with E-state index in [0.717, 1.165) is 5.69 Å². The SMILES string of the molecule is CNC(=O)C1=CC(Oc2ccc3oc(Nc4ccc(Cl)cc4)nc3c2)=CCN1C. The second kappa shape index (κ2) is 7.89. The largest absolute Gasteiger partial charge is 0.457 e. The van der Waals surface area contributed by atoms with Gasteiger partial charge in [-0.05, 0) is 42.5 Å². The number of likely N-dealkylation sites (N-methyl/N-ethyl adjacent to an activating group) is 2. The zero-order chi connectivity index (χ0) is 20.4. The van der Waals surface area contributed by atoms with Crippen molar-refractivity contribution in [2.45, 2.75) is 0 Å². The summed E-state index contributed by atoms with van der Waals surface area (Å²) in [4.78, 5) is 18.3. The molecule has 0 aliphatic carbocycles. The number of fused-ring (bicyclic) bond motifs is 1. The van der Waals surface area contributed by atoms with Crippen molar-refractivity contribution in [2.75, 3.05) is 26.0 Å². The van der Waals surface area contributed by atoms with Gasteiger partial charge in [-0.25, -0.2) is 0 Å². The van der Waals surface area contributed by atoms with Crippen LogP contribution in [0, 0.1) is 0 Å². The predicted octanol–water partition coefficient (Wildman–Crippen LogP) is 4.06. The first kappa shape index (κ1) is 18.9. The van der Waals surface area contributed by atoms with Gasteiger partial charge in [0.05, 0.1) is 0 Å². The second-order valence-electron chi connectivity index (χ2n) is 6.48. The number of carbonyl (C=O) groups is 1. The zero-order valence-corrected chi connectivity index (χ0v) is 16.7. The van der Waals surface area contributed by atoms with Gasteiger partial charge in [0.25, 0.3) is 11.9 Å². The molecule has 1 amide bonds. The molecule has 0 fully saturated rings. The average Bonchev–Trinajstić information content (AvgIpc) is 3.12. The second-order valence-corrected chi connectivity index (χ2v) is 6.91. The van der Waals surface area contributed by atoms with Crippen molar-refractivity contribution in [1.82, 2.24) is 15.2 Å². The van der Waals surface area contributed by atoms with Crippen LogP contribution in [0.25, 0.3) is 11.1 Å². The maximum atomic E-state index is 12.0. The maximum Gasteiger partial charge on any atom is 0.300 e. The Hall–Kier alpha value is -3.45. The summed E-state index contributed by atoms with van der Waals surface area (Å²) in [5.74, 6) is 1.04. The number of nitrogens with zero attached hydrogens (tertiary/aromatic N) is 2. The summed E-state index contributed by atoms with van der Waals surface area (Å²) in [5, 5.41) is 6.39. The van der Waals surface area contributed by atoms with Gasteiger partial charge in [-0.1, -0.05) is 11.6 Å². The van der Waals surface area contributed by atoms with Crippen LogP contribution in [0.15, 0.2) is 70.5 Å². The molecular weight excluding hydrogens is 392 g/mol. The van der Waals surface area contributed by atoms with E-state index in [0.29, 0.717) is 45.9 Å². The van der Waals surface area contributed by atoms with Crippen LogP contribution in [0.5, 0.6) is 5.75 Å². The van der Waals surface area contributed by atoms with E-state index in [4.69, 9.17) is 20.8 Å². The highest BCUT2D eigenvalue weighted by Crippen LogP contribution is 2.27. The Morgan fingerprint density at radius 1 is 1.24 bits per heavy atom. The Balaban J connectivity index is 1.52. The summed E-state index contributed by atoms with van der Waals surface area (Å²) < 4.78 is 11.7. The predicted molar refractivity (Wildman–Crippen MR) is 112 cm³/mol. The number of anilines is 2. The molecule has 0 saturated carbocycles. The Morgan fingerprint density at radius 3 is 2.79 bits per heavy atom. The molecule has 29 heavy (non-hydrogen) atoms. The van der Waals surface area contributed by atoms with Crippen molar-refractivity contribution in [1.29, 1.82) is 0 Å². The van der Waals surface area contributed by atoms with Gasteiger partial charge in [0.1, 0.15) is 22.7 Å². The highest BCUT2D eigenvalue weighted by Gasteiger charge is 2.18. The quantitative estimate of drug-likeness (QED) is 0.660. The minimum Gasteiger partial charge on any atom is -0.457 e. The molecule has 1 aliphatic rings. The highest BCUT2D eigenvalue weighted by atomic mass is 35.5. The molecule has 1 aromatic heterocycles. The number of allylic oxidation sites excluding steroid dienone is 1. The Bertz CT molecular complexity index is 1120. The van der Waals surface area contributed by atoms with Gasteiger partial charge in [0, 0.05) is 43.5 Å². The lowest BCUT2D eigenvalue weighted by Crippen LogP contribution is -2.33. The van der Waals surface area contributed by atoms with E-state index in [1.54, 1.807) is 43.5 Å². The summed E-state index contributed by atoms with van der Waals surface area (Å²) in [6.45, 7) is 0.579. The molecule has 8 heteroatoms. The molecule has 0 unspecified atom stereocenters. The van der Waals surface area contributed by atoms with Crippen molar-refractivity contribution in [3.8, 4) is 5.75 Å². The van der Waals surface area contributed by atoms with E-state index in [-0.39, 0.29) is 5.91 Å². The number of nitrogens with one attached hydrogen (secondary N) is 2. The van der Waals surface area contributed by atoms with Crippen molar-refractivity contribution in [3.05, 3.63) is 71.1 Å². The first-order chi connectivity index (χ1) is 14.0. The fourth-order valence-corrected chi connectivity index (χ4v) is 3.01. The summed E-state index contributed by atoms with van der Waals surface area (Å²) in [6, 6.07) is 13.0. The van der Waals surface area contributed by atoms with Crippen LogP contribution in [0.3, 0.4) is 0 Å². The van der Waals surface area contributed by atoms with Crippen LogP contribution < -0.4 is 15.4 Å². The summed E-state index contributed by atoms with van der Waals surface area (Å²) in [6.07, 6.45) is 3.62. The number of hydrogen-bond acceptors (Lipinski definition) is 6. The molecule has 0 spiro atoms. The number of carbonyl (C=O) groups excluding carboxylic acids is 1. The smallest absolute Gasteiger partial charge is 0.300 e. The van der Waals surface area contributed by atoms with E-state index in [1.807, 2.05) is 30.2 Å². The summed E-state index contributed by atoms with van der Waals surface area (Å²) in [7, 11) is 3.45. The van der Waals surface area contributed by atoms with Gasteiger partial charge < -0.3 is 24.7 Å². The van der Waals surface area contributed by atoms with Crippen molar-refractivity contribution < 1.29 is 13.9 Å². The third-order valence-corrected chi connectivity index (χ3v) is 4.66. The number of oxazole rings is 1. The number of hydrogen-bond donors (Lipinski definition) is 2. The molecule has 0 atom stereocenters. The van der Waals surface area contributed by atoms with E-state index in [9.17, 15) is 4.79 Å². The van der Waals surface area contributed by atoms with Crippen LogP contribution in [-0.4, -0.2) is 36.4 Å². The number of amides is 1. The monoisotopic (exact) mass is 410 g/mol. The number of benzene rings is 2. The number of halogens is 1. The fraction of sp³-hybridized carbons (Fsp3) is 0.143. The highest BCUT2D eigenvalue weighted by molar-refractivity contribution is 6.30. The standard InChI is InChI=1S/C21H19ClN4O3/c1-23-20(27)18-12-16(9-10-26(18)2)28-15-7-8-19-17(11-15)25-21(29-19)24-14-5-3-13(22)4-6-14/h3-9,11-12H,10H2,1-2H3,(H,23,27)(H,24,25). The molecule has 2 aromatic carbocycles. The van der Waals surface area contributed by atoms with Crippen LogP contribution in [0.4, 0.5) is 11.7 Å². The molecule has 0 radical (unpaired) electrons. The van der Waals surface area contributed by atoms with Crippen LogP contribution in [-0.2, 0) is 4.79 Å². The van der Waals surface area contributed by atoms with Crippen LogP contribution >= 0.6 is 11.6 Å². The van der Waals surface area contributed by atoms with Gasteiger partial charge in [0.2, 0.25) is 0 Å². The molecular formula is C21H19ClN4O3. The van der Waals surface area contributed by atoms with Gasteiger partial charge in [-0.15, -0.1) is 0 Å². The zero-order valence-electron chi connectivity index (χ0n) is 15.9. The number of rotatable bonds is 5. The van der Waals surface area contributed by atoms with Gasteiger partial charge in [-0.2, -0.15) is 4.98 Å². The summed E-state index contributed by atoms with van der Waals surface area (Å²) >= 11 is 5.90. The molecule has 2 heterocycles. The third-order valence-electron chi connectivity index (χ3n) is 4.41. The average molecular weight is 411 g/mol. The van der Waals surface area contributed by atoms with E-state index >= 15 is 0 Å². The number of ether oxygens (including phenoxy) is 1. The molecule has 4 rings (SSSR count). The lowest BCUT2D eigenvalue weighted by molar-refractivity contribution is -0.118. The van der Waals surface area contributed by atoms with Gasteiger partial charge in [-0.3, -0.25) is 4.79 Å². The van der Waals surface area contributed by atoms with E-state index < -0.39 is 0 Å². The Morgan fingerprint density at radius 2 is 2.03 bits per heavy atom. The first-order valence-electron chi connectivity index (χ1n) is 8.98. The minimum atomic E-state index is -0.161. The molecule has 0 bridgehead atoms. The van der Waals surface area contributed by atoms with Gasteiger partial charge >= 0.3 is 0 Å². The van der Waals surface area contributed by atoms with E-state index in [1.165, 1.54) is 0 Å². The lowest BCUT2D eigenvalue weighted by Gasteiger charge is -2.24. The van der Waals surface area contributed by atoms with Crippen molar-refractivity contribution in [3.63, 3.8) is 0 Å². The molecule has 7 nitrogen and oxygen atoms in total. The van der Waals surface area contributed by atoms with Crippen LogP contribution in [0.1, 0.15) is 0 Å².